The van der Waals surface area contributed by atoms with Gasteiger partial charge in [0.1, 0.15) is 16.7 Å². The summed E-state index contributed by atoms with van der Waals surface area (Å²) in [5.41, 5.74) is 4.33. The number of anilines is 1. The lowest BCUT2D eigenvalue weighted by Crippen LogP contribution is -2.38. The van der Waals surface area contributed by atoms with Crippen LogP contribution >= 0.6 is 35.6 Å². The van der Waals surface area contributed by atoms with E-state index in [0.29, 0.717) is 45.5 Å². The van der Waals surface area contributed by atoms with Crippen LogP contribution in [0.2, 0.25) is 5.02 Å². The monoisotopic (exact) mass is 665 g/mol. The van der Waals surface area contributed by atoms with E-state index in [1.165, 1.54) is 40.9 Å². The van der Waals surface area contributed by atoms with E-state index < -0.39 is 5.97 Å². The molecular weight excluding hydrogens is 634 g/mol. The van der Waals surface area contributed by atoms with Crippen molar-refractivity contribution in [3.63, 3.8) is 0 Å². The van der Waals surface area contributed by atoms with Crippen LogP contribution in [-0.2, 0) is 14.3 Å². The number of thioether (sulfide) groups is 1. The van der Waals surface area contributed by atoms with Gasteiger partial charge in [-0.2, -0.15) is 0 Å². The number of ether oxygens (including phenoxy) is 2. The Morgan fingerprint density at radius 3 is 2.56 bits per heavy atom. The summed E-state index contributed by atoms with van der Waals surface area (Å²) in [6.07, 6.45) is 1.81. The Balaban J connectivity index is 1.30. The van der Waals surface area contributed by atoms with E-state index in [2.05, 4.69) is 10.2 Å². The van der Waals surface area contributed by atoms with Gasteiger partial charge in [0, 0.05) is 48.9 Å². The molecule has 0 aliphatic carbocycles. The standard InChI is InChI=1S/C33H32ClN3O6S2/c1-21-18-25(34)5-8-27(21)23-4-9-28(43-17-14-36-12-15-42-16-13-36)24(19-23)20-29-31(39)37(33(44)45-29)11-10-30(38)35-26-6-2-22(3-7-26)32(40)41/h2-9,18-20H,10-17H2,1H3,(H,35,38)(H,40,41)/b29-20-. The molecule has 5 rings (SSSR count). The van der Waals surface area contributed by atoms with Crippen LogP contribution in [0.4, 0.5) is 5.69 Å². The van der Waals surface area contributed by atoms with Crippen LogP contribution in [0.25, 0.3) is 17.2 Å². The minimum atomic E-state index is -1.05. The number of amides is 2. The van der Waals surface area contributed by atoms with Gasteiger partial charge in [0.25, 0.3) is 5.91 Å². The fourth-order valence-corrected chi connectivity index (χ4v) is 6.51. The van der Waals surface area contributed by atoms with Gasteiger partial charge < -0.3 is 19.9 Å². The zero-order valence-corrected chi connectivity index (χ0v) is 27.0. The molecule has 0 radical (unpaired) electrons. The fraction of sp³-hybridized carbons (Fsp3) is 0.273. The number of aryl methyl sites for hydroxylation is 1. The highest BCUT2D eigenvalue weighted by molar-refractivity contribution is 8.26. The quantitative estimate of drug-likeness (QED) is 0.190. The molecule has 2 amide bonds. The van der Waals surface area contributed by atoms with Crippen LogP contribution in [0.3, 0.4) is 0 Å². The molecule has 2 fully saturated rings. The third kappa shape index (κ3) is 8.50. The number of thiocarbonyl (C=S) groups is 1. The molecule has 2 aliphatic heterocycles. The number of carboxylic acid groups (broad SMARTS) is 1. The first-order chi connectivity index (χ1) is 21.7. The number of benzene rings is 3. The molecule has 2 aliphatic rings. The van der Waals surface area contributed by atoms with Crippen molar-refractivity contribution in [3.8, 4) is 16.9 Å². The van der Waals surface area contributed by atoms with E-state index in [1.54, 1.807) is 6.08 Å². The molecule has 2 heterocycles. The lowest BCUT2D eigenvalue weighted by molar-refractivity contribution is -0.122. The zero-order valence-electron chi connectivity index (χ0n) is 24.6. The third-order valence-corrected chi connectivity index (χ3v) is 9.03. The molecule has 0 atom stereocenters. The van der Waals surface area contributed by atoms with Gasteiger partial charge in [-0.05, 0) is 78.2 Å². The molecule has 2 saturated heterocycles. The number of carbonyl (C=O) groups is 3. The minimum Gasteiger partial charge on any atom is -0.492 e. The first-order valence-corrected chi connectivity index (χ1v) is 16.0. The van der Waals surface area contributed by atoms with Gasteiger partial charge in [-0.15, -0.1) is 0 Å². The van der Waals surface area contributed by atoms with Crippen LogP contribution in [-0.4, -0.2) is 83.0 Å². The number of morpholine rings is 1. The second kappa shape index (κ2) is 15.0. The second-order valence-electron chi connectivity index (χ2n) is 10.5. The Morgan fingerprint density at radius 1 is 1.09 bits per heavy atom. The summed E-state index contributed by atoms with van der Waals surface area (Å²) in [5, 5.41) is 12.4. The van der Waals surface area contributed by atoms with Crippen molar-refractivity contribution in [2.75, 3.05) is 51.3 Å². The molecular formula is C33H32ClN3O6S2. The van der Waals surface area contributed by atoms with Gasteiger partial charge in [0.2, 0.25) is 5.91 Å². The predicted molar refractivity (Wildman–Crippen MR) is 181 cm³/mol. The molecule has 0 spiro atoms. The first kappa shape index (κ1) is 32.6. The molecule has 234 valence electrons. The number of nitrogens with zero attached hydrogens (tertiary/aromatic N) is 2. The number of hydrogen-bond acceptors (Lipinski definition) is 8. The maximum atomic E-state index is 13.5. The molecule has 0 saturated carbocycles. The highest BCUT2D eigenvalue weighted by Crippen LogP contribution is 2.36. The van der Waals surface area contributed by atoms with Gasteiger partial charge in [-0.25, -0.2) is 4.79 Å². The Labute approximate surface area is 276 Å². The number of carbonyl (C=O) groups excluding carboxylic acids is 2. The van der Waals surface area contributed by atoms with E-state index in [9.17, 15) is 14.4 Å². The van der Waals surface area contributed by atoms with Gasteiger partial charge in [0.15, 0.2) is 0 Å². The normalized spacial score (nSPS) is 16.3. The highest BCUT2D eigenvalue weighted by atomic mass is 35.5. The van der Waals surface area contributed by atoms with Crippen LogP contribution in [0.1, 0.15) is 27.9 Å². The topological polar surface area (TPSA) is 108 Å². The molecule has 45 heavy (non-hydrogen) atoms. The minimum absolute atomic E-state index is 0.0155. The molecule has 2 N–H and O–H groups in total. The average molecular weight is 666 g/mol. The number of aromatic carboxylic acids is 1. The van der Waals surface area contributed by atoms with Crippen molar-refractivity contribution >= 4 is 69.4 Å². The lowest BCUT2D eigenvalue weighted by Gasteiger charge is -2.26. The molecule has 3 aromatic rings. The number of hydrogen-bond donors (Lipinski definition) is 2. The van der Waals surface area contributed by atoms with Crippen molar-refractivity contribution in [3.05, 3.63) is 87.3 Å². The maximum Gasteiger partial charge on any atom is 0.335 e. The van der Waals surface area contributed by atoms with Crippen molar-refractivity contribution in [2.45, 2.75) is 13.3 Å². The van der Waals surface area contributed by atoms with E-state index in [-0.39, 0.29) is 30.3 Å². The molecule has 0 aromatic heterocycles. The summed E-state index contributed by atoms with van der Waals surface area (Å²) in [7, 11) is 0. The van der Waals surface area contributed by atoms with Crippen LogP contribution < -0.4 is 10.1 Å². The Kier molecular flexibility index (Phi) is 10.9. The van der Waals surface area contributed by atoms with Crippen LogP contribution in [0.5, 0.6) is 5.75 Å². The summed E-state index contributed by atoms with van der Waals surface area (Å²) in [6.45, 7) is 6.50. The summed E-state index contributed by atoms with van der Waals surface area (Å²) in [5.74, 6) is -1.000. The largest absolute Gasteiger partial charge is 0.492 e. The second-order valence-corrected chi connectivity index (χ2v) is 12.6. The van der Waals surface area contributed by atoms with E-state index in [1.807, 2.05) is 43.3 Å². The fourth-order valence-electron chi connectivity index (χ4n) is 4.99. The summed E-state index contributed by atoms with van der Waals surface area (Å²) >= 11 is 12.9. The smallest absolute Gasteiger partial charge is 0.335 e. The van der Waals surface area contributed by atoms with E-state index >= 15 is 0 Å². The lowest BCUT2D eigenvalue weighted by atomic mass is 9.98. The maximum absolute atomic E-state index is 13.5. The van der Waals surface area contributed by atoms with Crippen molar-refractivity contribution in [1.29, 1.82) is 0 Å². The Morgan fingerprint density at radius 2 is 1.84 bits per heavy atom. The molecule has 0 unspecified atom stereocenters. The van der Waals surface area contributed by atoms with E-state index in [4.69, 9.17) is 38.4 Å². The van der Waals surface area contributed by atoms with Crippen LogP contribution in [0, 0.1) is 6.92 Å². The van der Waals surface area contributed by atoms with Crippen molar-refractivity contribution in [2.24, 2.45) is 0 Å². The average Bonchev–Trinajstić information content (AvgIpc) is 3.28. The van der Waals surface area contributed by atoms with Gasteiger partial charge in [0.05, 0.1) is 23.7 Å². The summed E-state index contributed by atoms with van der Waals surface area (Å²) in [4.78, 5) is 41.3. The first-order valence-electron chi connectivity index (χ1n) is 14.4. The Bertz CT molecular complexity index is 1640. The van der Waals surface area contributed by atoms with Gasteiger partial charge in [-0.3, -0.25) is 19.4 Å². The number of carboxylic acids is 1. The predicted octanol–water partition coefficient (Wildman–Crippen LogP) is 5.95. The SMILES string of the molecule is Cc1cc(Cl)ccc1-c1ccc(OCCN2CCOCC2)c(/C=C2\SC(=S)N(CCC(=O)Nc3ccc(C(=O)O)cc3)C2=O)c1. The summed E-state index contributed by atoms with van der Waals surface area (Å²) < 4.78 is 12.0. The number of rotatable bonds is 11. The highest BCUT2D eigenvalue weighted by Gasteiger charge is 2.32. The van der Waals surface area contributed by atoms with Crippen molar-refractivity contribution < 1.29 is 29.0 Å². The molecule has 3 aromatic carbocycles. The summed E-state index contributed by atoms with van der Waals surface area (Å²) in [6, 6.07) is 17.5. The Hall–Kier alpha value is -3.74. The van der Waals surface area contributed by atoms with Gasteiger partial charge in [-0.1, -0.05) is 47.7 Å². The van der Waals surface area contributed by atoms with Gasteiger partial charge >= 0.3 is 5.97 Å². The zero-order chi connectivity index (χ0) is 31.9. The van der Waals surface area contributed by atoms with Crippen molar-refractivity contribution in [1.82, 2.24) is 9.80 Å². The molecule has 9 nitrogen and oxygen atoms in total. The number of nitrogens with one attached hydrogen (secondary N) is 1. The molecule has 12 heteroatoms. The van der Waals surface area contributed by atoms with E-state index in [0.717, 1.165) is 41.9 Å². The molecule has 0 bridgehead atoms. The van der Waals surface area contributed by atoms with Crippen LogP contribution in [0.15, 0.2) is 65.6 Å². The third-order valence-electron chi connectivity index (χ3n) is 7.42. The number of halogens is 1.